The van der Waals surface area contributed by atoms with Gasteiger partial charge in [0.15, 0.2) is 0 Å². The van der Waals surface area contributed by atoms with Crippen LogP contribution in [-0.4, -0.2) is 12.3 Å². The Hall–Kier alpha value is -2.12. The van der Waals surface area contributed by atoms with E-state index >= 15 is 0 Å². The Morgan fingerprint density at radius 3 is 2.21 bits per heavy atom. The van der Waals surface area contributed by atoms with Gasteiger partial charge in [0, 0.05) is 19.1 Å². The number of benzene rings is 2. The van der Waals surface area contributed by atoms with E-state index in [0.717, 1.165) is 12.1 Å². The number of hydrogen-bond acceptors (Lipinski definition) is 3. The lowest BCUT2D eigenvalue weighted by atomic mass is 10.3. The summed E-state index contributed by atoms with van der Waals surface area (Å²) in [6.45, 7) is 1.34. The third kappa shape index (κ3) is 5.21. The summed E-state index contributed by atoms with van der Waals surface area (Å²) < 4.78 is 45.7. The van der Waals surface area contributed by atoms with E-state index < -0.39 is 12.1 Å². The van der Waals surface area contributed by atoms with Crippen LogP contribution in [0.25, 0.3) is 0 Å². The van der Waals surface area contributed by atoms with Gasteiger partial charge in [-0.25, -0.2) is 0 Å². The molecule has 0 unspecified atom stereocenters. The monoisotopic (exact) mass is 379 g/mol. The molecule has 0 fully saturated rings. The molecule has 0 spiro atoms. The third-order valence-corrected chi connectivity index (χ3v) is 3.22. The highest BCUT2D eigenvalue weighted by molar-refractivity contribution is 6.34. The predicted molar refractivity (Wildman–Crippen MR) is 84.0 cm³/mol. The van der Waals surface area contributed by atoms with Gasteiger partial charge in [-0.15, -0.1) is 13.2 Å². The van der Waals surface area contributed by atoms with Crippen LogP contribution in [0.3, 0.4) is 0 Å². The van der Waals surface area contributed by atoms with Gasteiger partial charge in [-0.1, -0.05) is 23.2 Å². The average Bonchev–Trinajstić information content (AvgIpc) is 2.43. The molecule has 24 heavy (non-hydrogen) atoms. The Labute approximate surface area is 145 Å². The van der Waals surface area contributed by atoms with Crippen molar-refractivity contribution in [2.45, 2.75) is 13.3 Å². The van der Waals surface area contributed by atoms with Crippen molar-refractivity contribution in [3.05, 3.63) is 46.4 Å². The molecule has 1 N–H and O–H groups in total. The number of alkyl halides is 3. The van der Waals surface area contributed by atoms with E-state index in [2.05, 4.69) is 10.1 Å². The summed E-state index contributed by atoms with van der Waals surface area (Å²) in [4.78, 5) is 11.0. The number of rotatable bonds is 4. The highest BCUT2D eigenvalue weighted by Crippen LogP contribution is 2.36. The molecule has 0 heterocycles. The van der Waals surface area contributed by atoms with Crippen molar-refractivity contribution in [2.75, 3.05) is 5.32 Å². The molecule has 0 saturated heterocycles. The number of ether oxygens (including phenoxy) is 2. The van der Waals surface area contributed by atoms with E-state index in [0.29, 0.717) is 11.4 Å². The van der Waals surface area contributed by atoms with Gasteiger partial charge < -0.3 is 14.8 Å². The fourth-order valence-electron chi connectivity index (χ4n) is 1.74. The predicted octanol–water partition coefficient (Wildman–Crippen LogP) is 5.64. The van der Waals surface area contributed by atoms with E-state index in [1.807, 2.05) is 0 Å². The van der Waals surface area contributed by atoms with Gasteiger partial charge in [-0.2, -0.15) is 0 Å². The summed E-state index contributed by atoms with van der Waals surface area (Å²) in [6, 6.07) is 7.77. The maximum Gasteiger partial charge on any atom is 0.573 e. The standard InChI is InChI=1S/C15H10Cl2F3NO3/c1-8(22)21-13-4-2-9(6-11(13)16)23-14-5-3-10(7-12(14)17)24-15(18,19)20/h2-7H,1H3,(H,21,22). The molecule has 9 heteroatoms. The molecule has 4 nitrogen and oxygen atoms in total. The third-order valence-electron chi connectivity index (χ3n) is 2.62. The normalized spacial score (nSPS) is 11.1. The molecule has 128 valence electrons. The largest absolute Gasteiger partial charge is 0.573 e. The lowest BCUT2D eigenvalue weighted by molar-refractivity contribution is -0.274. The molecule has 0 atom stereocenters. The minimum Gasteiger partial charge on any atom is -0.456 e. The first-order valence-electron chi connectivity index (χ1n) is 6.44. The number of carbonyl (C=O) groups excluding carboxylic acids is 1. The molecule has 0 bridgehead atoms. The maximum absolute atomic E-state index is 12.2. The molecule has 0 radical (unpaired) electrons. The minimum atomic E-state index is -4.81. The van der Waals surface area contributed by atoms with Gasteiger partial charge >= 0.3 is 6.36 Å². The van der Waals surface area contributed by atoms with Crippen molar-refractivity contribution in [2.24, 2.45) is 0 Å². The van der Waals surface area contributed by atoms with E-state index in [9.17, 15) is 18.0 Å². The molecule has 2 aromatic carbocycles. The van der Waals surface area contributed by atoms with Crippen molar-refractivity contribution in [1.29, 1.82) is 0 Å². The molecule has 0 saturated carbocycles. The second-order valence-corrected chi connectivity index (χ2v) is 5.38. The van der Waals surface area contributed by atoms with Crippen LogP contribution in [0.4, 0.5) is 18.9 Å². The zero-order valence-electron chi connectivity index (χ0n) is 12.1. The summed E-state index contributed by atoms with van der Waals surface area (Å²) in [6.07, 6.45) is -4.81. The van der Waals surface area contributed by atoms with Crippen LogP contribution in [0.1, 0.15) is 6.92 Å². The molecule has 0 aliphatic carbocycles. The van der Waals surface area contributed by atoms with Gasteiger partial charge in [0.2, 0.25) is 5.91 Å². The summed E-state index contributed by atoms with van der Waals surface area (Å²) in [5.41, 5.74) is 0.400. The minimum absolute atomic E-state index is 0.0705. The van der Waals surface area contributed by atoms with E-state index in [1.54, 1.807) is 0 Å². The molecular weight excluding hydrogens is 370 g/mol. The molecule has 0 aliphatic rings. The number of amides is 1. The first-order chi connectivity index (χ1) is 11.1. The number of halogens is 5. The van der Waals surface area contributed by atoms with Gasteiger partial charge in [-0.3, -0.25) is 4.79 Å². The molecule has 1 amide bonds. The van der Waals surface area contributed by atoms with Crippen LogP contribution < -0.4 is 14.8 Å². The molecule has 0 aliphatic heterocycles. The first kappa shape index (κ1) is 18.2. The zero-order valence-corrected chi connectivity index (χ0v) is 13.6. The van der Waals surface area contributed by atoms with Crippen LogP contribution in [0.15, 0.2) is 36.4 Å². The topological polar surface area (TPSA) is 47.6 Å². The Balaban J connectivity index is 2.16. The van der Waals surface area contributed by atoms with Crippen LogP contribution in [0, 0.1) is 0 Å². The lowest BCUT2D eigenvalue weighted by Crippen LogP contribution is -2.17. The van der Waals surface area contributed by atoms with E-state index in [1.165, 1.54) is 31.2 Å². The van der Waals surface area contributed by atoms with Gasteiger partial charge in [0.05, 0.1) is 15.7 Å². The molecule has 2 rings (SSSR count). The Morgan fingerprint density at radius 1 is 1.04 bits per heavy atom. The Kier molecular flexibility index (Phi) is 5.46. The van der Waals surface area contributed by atoms with Crippen LogP contribution in [-0.2, 0) is 4.79 Å². The smallest absolute Gasteiger partial charge is 0.456 e. The first-order valence-corrected chi connectivity index (χ1v) is 7.20. The number of hydrogen-bond donors (Lipinski definition) is 1. The zero-order chi connectivity index (χ0) is 17.9. The Bertz CT molecular complexity index is 766. The van der Waals surface area contributed by atoms with Gasteiger partial charge in [-0.05, 0) is 24.3 Å². The fourth-order valence-corrected chi connectivity index (χ4v) is 2.17. The van der Waals surface area contributed by atoms with Gasteiger partial charge in [0.25, 0.3) is 0 Å². The van der Waals surface area contributed by atoms with Crippen molar-refractivity contribution in [1.82, 2.24) is 0 Å². The number of carbonyl (C=O) groups is 1. The molecular formula is C15H10Cl2F3NO3. The summed E-state index contributed by atoms with van der Waals surface area (Å²) in [7, 11) is 0. The van der Waals surface area contributed by atoms with Crippen molar-refractivity contribution >= 4 is 34.8 Å². The highest BCUT2D eigenvalue weighted by atomic mass is 35.5. The van der Waals surface area contributed by atoms with E-state index in [4.69, 9.17) is 27.9 Å². The Morgan fingerprint density at radius 2 is 1.67 bits per heavy atom. The maximum atomic E-state index is 12.2. The second-order valence-electron chi connectivity index (χ2n) is 4.56. The summed E-state index contributed by atoms with van der Waals surface area (Å²) >= 11 is 11.9. The quantitative estimate of drug-likeness (QED) is 0.747. The molecule has 2 aromatic rings. The van der Waals surface area contributed by atoms with Crippen molar-refractivity contribution < 1.29 is 27.4 Å². The van der Waals surface area contributed by atoms with Crippen LogP contribution in [0.5, 0.6) is 17.2 Å². The highest BCUT2D eigenvalue weighted by Gasteiger charge is 2.31. The van der Waals surface area contributed by atoms with Crippen molar-refractivity contribution in [3.63, 3.8) is 0 Å². The second kappa shape index (κ2) is 7.19. The lowest BCUT2D eigenvalue weighted by Gasteiger charge is -2.12. The van der Waals surface area contributed by atoms with Gasteiger partial charge in [0.1, 0.15) is 17.2 Å². The van der Waals surface area contributed by atoms with Crippen LogP contribution >= 0.6 is 23.2 Å². The fraction of sp³-hybridized carbons (Fsp3) is 0.133. The number of anilines is 1. The summed E-state index contributed by atoms with van der Waals surface area (Å²) in [5.74, 6) is -0.331. The van der Waals surface area contributed by atoms with Crippen molar-refractivity contribution in [3.8, 4) is 17.2 Å². The summed E-state index contributed by atoms with van der Waals surface area (Å²) in [5, 5.41) is 2.69. The average molecular weight is 380 g/mol. The van der Waals surface area contributed by atoms with E-state index in [-0.39, 0.29) is 21.7 Å². The van der Waals surface area contributed by atoms with Crippen LogP contribution in [0.2, 0.25) is 10.0 Å². The number of nitrogens with one attached hydrogen (secondary N) is 1. The SMILES string of the molecule is CC(=O)Nc1ccc(Oc2ccc(OC(F)(F)F)cc2Cl)cc1Cl. The molecule has 0 aromatic heterocycles.